The van der Waals surface area contributed by atoms with Crippen molar-refractivity contribution in [2.75, 3.05) is 13.1 Å². The number of rotatable bonds is 2. The van der Waals surface area contributed by atoms with Crippen molar-refractivity contribution in [3.8, 4) is 0 Å². The van der Waals surface area contributed by atoms with Crippen molar-refractivity contribution >= 4 is 17.5 Å². The largest absolute Gasteiger partial charge is 0.369 e. The molecule has 1 saturated heterocycles. The second-order valence-electron chi connectivity index (χ2n) is 4.80. The topological polar surface area (TPSA) is 97.6 Å². The van der Waals surface area contributed by atoms with E-state index >= 15 is 0 Å². The maximum atomic E-state index is 10.5. The molecule has 0 bridgehead atoms. The monoisotopic (exact) mass is 263 g/mol. The minimum Gasteiger partial charge on any atom is -0.369 e. The Bertz CT molecular complexity index is 485. The number of pyridine rings is 1. The van der Waals surface area contributed by atoms with Crippen LogP contribution in [0.15, 0.2) is 23.3 Å². The fourth-order valence-electron chi connectivity index (χ4n) is 2.14. The molecule has 0 unspecified atom stereocenters. The molecule has 102 valence electrons. The molecular weight excluding hydrogens is 246 g/mol. The summed E-state index contributed by atoms with van der Waals surface area (Å²) in [4.78, 5) is 20.2. The van der Waals surface area contributed by atoms with Crippen molar-refractivity contribution in [3.63, 3.8) is 0 Å². The molecule has 0 saturated carbocycles. The minimum atomic E-state index is -0.490. The number of aromatic nitrogens is 1. The number of hydrogen-bond donors (Lipinski definition) is 1. The number of guanidine groups is 1. The lowest BCUT2D eigenvalue weighted by molar-refractivity contribution is -0.385. The first-order valence-electron chi connectivity index (χ1n) is 6.26. The van der Waals surface area contributed by atoms with Crippen LogP contribution in [0.1, 0.15) is 19.8 Å². The van der Waals surface area contributed by atoms with Crippen molar-refractivity contribution in [1.82, 2.24) is 9.88 Å². The summed E-state index contributed by atoms with van der Waals surface area (Å²) in [5, 5.41) is 10.5. The summed E-state index contributed by atoms with van der Waals surface area (Å²) in [6.45, 7) is 3.97. The maximum Gasteiger partial charge on any atom is 0.287 e. The summed E-state index contributed by atoms with van der Waals surface area (Å²) in [7, 11) is 0. The number of likely N-dealkylation sites (tertiary alicyclic amines) is 1. The maximum absolute atomic E-state index is 10.5. The van der Waals surface area contributed by atoms with Gasteiger partial charge in [0.2, 0.25) is 0 Å². The quantitative estimate of drug-likeness (QED) is 0.379. The lowest BCUT2D eigenvalue weighted by atomic mass is 10.0. The number of hydrogen-bond acceptors (Lipinski definition) is 4. The Balaban J connectivity index is 2.09. The molecule has 7 nitrogen and oxygen atoms in total. The van der Waals surface area contributed by atoms with Crippen molar-refractivity contribution in [2.45, 2.75) is 19.8 Å². The SMILES string of the molecule is C[C@@H]1CCCN(C(N)=Nc2ccc([N+](=O)[O-])cn2)C1. The van der Waals surface area contributed by atoms with Gasteiger partial charge < -0.3 is 10.6 Å². The van der Waals surface area contributed by atoms with Crippen LogP contribution in [0, 0.1) is 16.0 Å². The molecule has 1 aromatic rings. The summed E-state index contributed by atoms with van der Waals surface area (Å²) in [5.41, 5.74) is 5.89. The summed E-state index contributed by atoms with van der Waals surface area (Å²) in [6.07, 6.45) is 3.50. The Morgan fingerprint density at radius 3 is 3.00 bits per heavy atom. The van der Waals surface area contributed by atoms with Crippen LogP contribution in [-0.2, 0) is 0 Å². The minimum absolute atomic E-state index is 0.0517. The van der Waals surface area contributed by atoms with E-state index in [1.54, 1.807) is 0 Å². The Morgan fingerprint density at radius 2 is 2.42 bits per heavy atom. The number of nitro groups is 1. The predicted molar refractivity (Wildman–Crippen MR) is 72.1 cm³/mol. The van der Waals surface area contributed by atoms with Gasteiger partial charge >= 0.3 is 0 Å². The van der Waals surface area contributed by atoms with Gasteiger partial charge in [-0.25, -0.2) is 4.98 Å². The summed E-state index contributed by atoms with van der Waals surface area (Å²) in [6, 6.07) is 2.87. The highest BCUT2D eigenvalue weighted by atomic mass is 16.6. The highest BCUT2D eigenvalue weighted by molar-refractivity contribution is 5.80. The van der Waals surface area contributed by atoms with Crippen molar-refractivity contribution < 1.29 is 4.92 Å². The molecular formula is C12H17N5O2. The van der Waals surface area contributed by atoms with Gasteiger partial charge in [0.15, 0.2) is 11.8 Å². The standard InChI is InChI=1S/C12H17N5O2/c1-9-3-2-6-16(8-9)12(13)15-11-5-4-10(7-14-11)17(18)19/h4-5,7,9H,2-3,6,8H2,1H3,(H2,13,14,15)/t9-/m1/s1. The molecule has 1 aliphatic rings. The fraction of sp³-hybridized carbons (Fsp3) is 0.500. The number of nitrogens with zero attached hydrogens (tertiary/aromatic N) is 4. The molecule has 2 rings (SSSR count). The molecule has 7 heteroatoms. The van der Waals surface area contributed by atoms with Crippen LogP contribution in [0.25, 0.3) is 0 Å². The first-order valence-corrected chi connectivity index (χ1v) is 6.26. The zero-order valence-corrected chi connectivity index (χ0v) is 10.8. The van der Waals surface area contributed by atoms with E-state index in [0.29, 0.717) is 17.7 Å². The molecule has 0 radical (unpaired) electrons. The van der Waals surface area contributed by atoms with E-state index in [4.69, 9.17) is 5.73 Å². The van der Waals surface area contributed by atoms with Gasteiger partial charge in [-0.05, 0) is 24.8 Å². The van der Waals surface area contributed by atoms with Gasteiger partial charge in [-0.1, -0.05) is 6.92 Å². The Labute approximate surface area is 111 Å². The van der Waals surface area contributed by atoms with E-state index in [9.17, 15) is 10.1 Å². The molecule has 1 atom stereocenters. The smallest absolute Gasteiger partial charge is 0.287 e. The Morgan fingerprint density at radius 1 is 1.63 bits per heavy atom. The highest BCUT2D eigenvalue weighted by Crippen LogP contribution is 2.17. The molecule has 1 aromatic heterocycles. The lowest BCUT2D eigenvalue weighted by Crippen LogP contribution is -2.43. The van der Waals surface area contributed by atoms with Gasteiger partial charge in [0.05, 0.1) is 4.92 Å². The zero-order chi connectivity index (χ0) is 13.8. The van der Waals surface area contributed by atoms with Gasteiger partial charge in [0, 0.05) is 19.2 Å². The van der Waals surface area contributed by atoms with Crippen LogP contribution in [0.4, 0.5) is 11.5 Å². The van der Waals surface area contributed by atoms with E-state index in [0.717, 1.165) is 19.5 Å². The second kappa shape index (κ2) is 5.64. The van der Waals surface area contributed by atoms with Gasteiger partial charge in [-0.15, -0.1) is 0 Å². The van der Waals surface area contributed by atoms with Crippen LogP contribution in [-0.4, -0.2) is 33.9 Å². The lowest BCUT2D eigenvalue weighted by Gasteiger charge is -2.31. The zero-order valence-electron chi connectivity index (χ0n) is 10.8. The van der Waals surface area contributed by atoms with E-state index in [1.807, 2.05) is 4.90 Å². The molecule has 1 aliphatic heterocycles. The van der Waals surface area contributed by atoms with Gasteiger partial charge in [0.1, 0.15) is 6.20 Å². The van der Waals surface area contributed by atoms with Crippen LogP contribution in [0.2, 0.25) is 0 Å². The second-order valence-corrected chi connectivity index (χ2v) is 4.80. The molecule has 0 aliphatic carbocycles. The molecule has 0 amide bonds. The Hall–Kier alpha value is -2.18. The van der Waals surface area contributed by atoms with E-state index in [2.05, 4.69) is 16.9 Å². The molecule has 19 heavy (non-hydrogen) atoms. The third-order valence-corrected chi connectivity index (χ3v) is 3.15. The van der Waals surface area contributed by atoms with Gasteiger partial charge in [-0.2, -0.15) is 4.99 Å². The van der Waals surface area contributed by atoms with E-state index in [-0.39, 0.29) is 5.69 Å². The molecule has 0 aromatic carbocycles. The predicted octanol–water partition coefficient (Wildman–Crippen LogP) is 1.67. The third-order valence-electron chi connectivity index (χ3n) is 3.15. The highest BCUT2D eigenvalue weighted by Gasteiger charge is 2.17. The van der Waals surface area contributed by atoms with Crippen LogP contribution >= 0.6 is 0 Å². The average Bonchev–Trinajstić information content (AvgIpc) is 2.39. The van der Waals surface area contributed by atoms with Gasteiger partial charge in [0.25, 0.3) is 5.69 Å². The van der Waals surface area contributed by atoms with Gasteiger partial charge in [-0.3, -0.25) is 10.1 Å². The number of nitrogens with two attached hydrogens (primary N) is 1. The summed E-state index contributed by atoms with van der Waals surface area (Å²) in [5.74, 6) is 1.42. The Kier molecular flexibility index (Phi) is 3.94. The third kappa shape index (κ3) is 3.40. The molecule has 2 N–H and O–H groups in total. The normalized spacial score (nSPS) is 20.4. The summed E-state index contributed by atoms with van der Waals surface area (Å²) < 4.78 is 0. The van der Waals surface area contributed by atoms with Crippen molar-refractivity contribution in [1.29, 1.82) is 0 Å². The fourth-order valence-corrected chi connectivity index (χ4v) is 2.14. The molecule has 2 heterocycles. The first-order chi connectivity index (χ1) is 9.06. The number of piperidine rings is 1. The number of aliphatic imine (C=N–C) groups is 1. The molecule has 1 fully saturated rings. The van der Waals surface area contributed by atoms with Crippen LogP contribution in [0.3, 0.4) is 0 Å². The van der Waals surface area contributed by atoms with E-state index in [1.165, 1.54) is 24.8 Å². The van der Waals surface area contributed by atoms with Crippen molar-refractivity contribution in [3.05, 3.63) is 28.4 Å². The van der Waals surface area contributed by atoms with Crippen LogP contribution in [0.5, 0.6) is 0 Å². The molecule has 0 spiro atoms. The van der Waals surface area contributed by atoms with Crippen LogP contribution < -0.4 is 5.73 Å². The average molecular weight is 263 g/mol. The summed E-state index contributed by atoms with van der Waals surface area (Å²) >= 11 is 0. The van der Waals surface area contributed by atoms with Crippen molar-refractivity contribution in [2.24, 2.45) is 16.6 Å². The van der Waals surface area contributed by atoms with E-state index < -0.39 is 4.92 Å². The first kappa shape index (κ1) is 13.3.